The standard InChI is InChI=1S/C14H11ClO2/c15-12-7-4-8-13(9-12)17-10-14(16)11-5-2-1-3-6-11/h1-9H,10H2. The molecule has 0 heterocycles. The maximum atomic E-state index is 11.7. The summed E-state index contributed by atoms with van der Waals surface area (Å²) in [4.78, 5) is 11.7. The van der Waals surface area contributed by atoms with Crippen molar-refractivity contribution in [2.24, 2.45) is 0 Å². The summed E-state index contributed by atoms with van der Waals surface area (Å²) in [5.74, 6) is 0.548. The lowest BCUT2D eigenvalue weighted by Gasteiger charge is -2.05. The molecule has 0 N–H and O–H groups in total. The van der Waals surface area contributed by atoms with Crippen LogP contribution in [0.5, 0.6) is 5.75 Å². The lowest BCUT2D eigenvalue weighted by Crippen LogP contribution is -2.11. The Morgan fingerprint density at radius 1 is 1.06 bits per heavy atom. The van der Waals surface area contributed by atoms with E-state index in [4.69, 9.17) is 16.3 Å². The quantitative estimate of drug-likeness (QED) is 0.771. The van der Waals surface area contributed by atoms with E-state index in [9.17, 15) is 4.79 Å². The van der Waals surface area contributed by atoms with Gasteiger partial charge in [-0.15, -0.1) is 0 Å². The Labute approximate surface area is 105 Å². The summed E-state index contributed by atoms with van der Waals surface area (Å²) in [5, 5.41) is 0.592. The van der Waals surface area contributed by atoms with E-state index in [2.05, 4.69) is 0 Å². The highest BCUT2D eigenvalue weighted by atomic mass is 35.5. The van der Waals surface area contributed by atoms with Gasteiger partial charge in [0, 0.05) is 10.6 Å². The number of ether oxygens (including phenoxy) is 1. The molecule has 0 amide bonds. The van der Waals surface area contributed by atoms with E-state index in [0.717, 1.165) is 0 Å². The summed E-state index contributed by atoms with van der Waals surface area (Å²) in [6, 6.07) is 16.0. The van der Waals surface area contributed by atoms with E-state index in [-0.39, 0.29) is 12.4 Å². The number of ketones is 1. The lowest BCUT2D eigenvalue weighted by molar-refractivity contribution is 0.0921. The number of halogens is 1. The largest absolute Gasteiger partial charge is 0.485 e. The van der Waals surface area contributed by atoms with E-state index in [1.807, 2.05) is 18.2 Å². The van der Waals surface area contributed by atoms with Gasteiger partial charge >= 0.3 is 0 Å². The number of hydrogen-bond acceptors (Lipinski definition) is 2. The fourth-order valence-corrected chi connectivity index (χ4v) is 1.59. The molecule has 0 radical (unpaired) electrons. The molecule has 0 saturated heterocycles. The number of carbonyl (C=O) groups is 1. The second kappa shape index (κ2) is 5.51. The molecule has 2 aromatic carbocycles. The number of hydrogen-bond donors (Lipinski definition) is 0. The molecule has 17 heavy (non-hydrogen) atoms. The first-order chi connectivity index (χ1) is 8.25. The van der Waals surface area contributed by atoms with Crippen LogP contribution in [0.15, 0.2) is 54.6 Å². The van der Waals surface area contributed by atoms with Gasteiger partial charge in [-0.2, -0.15) is 0 Å². The first-order valence-corrected chi connectivity index (χ1v) is 5.60. The Morgan fingerprint density at radius 2 is 1.82 bits per heavy atom. The van der Waals surface area contributed by atoms with Gasteiger partial charge in [0.2, 0.25) is 0 Å². The molecule has 2 aromatic rings. The highest BCUT2D eigenvalue weighted by molar-refractivity contribution is 6.30. The maximum absolute atomic E-state index is 11.7. The monoisotopic (exact) mass is 246 g/mol. The normalized spacial score (nSPS) is 9.94. The molecular formula is C14H11ClO2. The van der Waals surface area contributed by atoms with Crippen LogP contribution in [-0.2, 0) is 0 Å². The molecule has 0 unspecified atom stereocenters. The van der Waals surface area contributed by atoms with Crippen molar-refractivity contribution in [2.75, 3.05) is 6.61 Å². The van der Waals surface area contributed by atoms with Crippen molar-refractivity contribution in [3.8, 4) is 5.75 Å². The smallest absolute Gasteiger partial charge is 0.200 e. The van der Waals surface area contributed by atoms with Crippen LogP contribution >= 0.6 is 11.6 Å². The molecule has 0 aliphatic rings. The minimum atomic E-state index is -0.0504. The fourth-order valence-electron chi connectivity index (χ4n) is 1.41. The maximum Gasteiger partial charge on any atom is 0.200 e. The lowest BCUT2D eigenvalue weighted by atomic mass is 10.1. The summed E-state index contributed by atoms with van der Waals surface area (Å²) in [6.07, 6.45) is 0. The topological polar surface area (TPSA) is 26.3 Å². The fraction of sp³-hybridized carbons (Fsp3) is 0.0714. The molecule has 0 aliphatic heterocycles. The third-order valence-electron chi connectivity index (χ3n) is 2.26. The summed E-state index contributed by atoms with van der Waals surface area (Å²) in [5.41, 5.74) is 0.648. The Morgan fingerprint density at radius 3 is 2.53 bits per heavy atom. The average Bonchev–Trinajstić information content (AvgIpc) is 2.37. The molecular weight excluding hydrogens is 236 g/mol. The van der Waals surface area contributed by atoms with Gasteiger partial charge in [0.25, 0.3) is 0 Å². The minimum absolute atomic E-state index is 0.0182. The summed E-state index contributed by atoms with van der Waals surface area (Å²) < 4.78 is 5.37. The van der Waals surface area contributed by atoms with Crippen molar-refractivity contribution in [3.63, 3.8) is 0 Å². The van der Waals surface area contributed by atoms with Crippen LogP contribution in [0.2, 0.25) is 5.02 Å². The van der Waals surface area contributed by atoms with Crippen molar-refractivity contribution in [2.45, 2.75) is 0 Å². The molecule has 2 rings (SSSR count). The third-order valence-corrected chi connectivity index (χ3v) is 2.50. The average molecular weight is 247 g/mol. The van der Waals surface area contributed by atoms with Crippen LogP contribution in [0.3, 0.4) is 0 Å². The van der Waals surface area contributed by atoms with Crippen LogP contribution < -0.4 is 4.74 Å². The zero-order valence-corrected chi connectivity index (χ0v) is 9.85. The second-order valence-corrected chi connectivity index (χ2v) is 3.97. The van der Waals surface area contributed by atoms with E-state index in [0.29, 0.717) is 16.3 Å². The highest BCUT2D eigenvalue weighted by Gasteiger charge is 2.05. The highest BCUT2D eigenvalue weighted by Crippen LogP contribution is 2.17. The van der Waals surface area contributed by atoms with Crippen LogP contribution in [0, 0.1) is 0 Å². The number of carbonyl (C=O) groups excluding carboxylic acids is 1. The van der Waals surface area contributed by atoms with Crippen LogP contribution in [-0.4, -0.2) is 12.4 Å². The molecule has 3 heteroatoms. The number of Topliss-reactive ketones (excluding diaryl/α,β-unsaturated/α-hetero) is 1. The van der Waals surface area contributed by atoms with Crippen molar-refractivity contribution in [1.82, 2.24) is 0 Å². The van der Waals surface area contributed by atoms with Crippen LogP contribution in [0.4, 0.5) is 0 Å². The van der Waals surface area contributed by atoms with Crippen molar-refractivity contribution in [3.05, 3.63) is 65.2 Å². The first-order valence-electron chi connectivity index (χ1n) is 5.22. The van der Waals surface area contributed by atoms with Gasteiger partial charge in [-0.05, 0) is 18.2 Å². The number of rotatable bonds is 4. The Kier molecular flexibility index (Phi) is 3.78. The SMILES string of the molecule is O=C(COc1cccc(Cl)c1)c1ccccc1. The van der Waals surface area contributed by atoms with Gasteiger partial charge in [0.15, 0.2) is 12.4 Å². The van der Waals surface area contributed by atoms with Gasteiger partial charge in [-0.3, -0.25) is 4.79 Å². The molecule has 0 fully saturated rings. The molecule has 0 aliphatic carbocycles. The van der Waals surface area contributed by atoms with Gasteiger partial charge < -0.3 is 4.74 Å². The van der Waals surface area contributed by atoms with Crippen molar-refractivity contribution < 1.29 is 9.53 Å². The van der Waals surface area contributed by atoms with Crippen molar-refractivity contribution in [1.29, 1.82) is 0 Å². The van der Waals surface area contributed by atoms with Crippen LogP contribution in [0.25, 0.3) is 0 Å². The van der Waals surface area contributed by atoms with Gasteiger partial charge in [0.1, 0.15) is 5.75 Å². The molecule has 2 nitrogen and oxygen atoms in total. The Hall–Kier alpha value is -1.80. The molecule has 0 atom stereocenters. The summed E-state index contributed by atoms with van der Waals surface area (Å²) >= 11 is 5.81. The Balaban J connectivity index is 1.97. The van der Waals surface area contributed by atoms with Gasteiger partial charge in [0.05, 0.1) is 0 Å². The first kappa shape index (κ1) is 11.7. The predicted molar refractivity (Wildman–Crippen MR) is 67.7 cm³/mol. The molecule has 0 spiro atoms. The number of benzene rings is 2. The predicted octanol–water partition coefficient (Wildman–Crippen LogP) is 3.60. The molecule has 86 valence electrons. The van der Waals surface area contributed by atoms with E-state index in [1.54, 1.807) is 36.4 Å². The zero-order chi connectivity index (χ0) is 12.1. The zero-order valence-electron chi connectivity index (χ0n) is 9.10. The second-order valence-electron chi connectivity index (χ2n) is 3.54. The van der Waals surface area contributed by atoms with Gasteiger partial charge in [-0.25, -0.2) is 0 Å². The van der Waals surface area contributed by atoms with Crippen molar-refractivity contribution >= 4 is 17.4 Å². The van der Waals surface area contributed by atoms with E-state index >= 15 is 0 Å². The molecule has 0 saturated carbocycles. The summed E-state index contributed by atoms with van der Waals surface area (Å²) in [7, 11) is 0. The third kappa shape index (κ3) is 3.33. The van der Waals surface area contributed by atoms with E-state index < -0.39 is 0 Å². The van der Waals surface area contributed by atoms with E-state index in [1.165, 1.54) is 0 Å². The van der Waals surface area contributed by atoms with Crippen LogP contribution in [0.1, 0.15) is 10.4 Å². The molecule has 0 bridgehead atoms. The molecule has 0 aromatic heterocycles. The summed E-state index contributed by atoms with van der Waals surface area (Å²) in [6.45, 7) is 0.0182. The van der Waals surface area contributed by atoms with Gasteiger partial charge in [-0.1, -0.05) is 48.0 Å². The minimum Gasteiger partial charge on any atom is -0.485 e. The Bertz CT molecular complexity index is 509.